The van der Waals surface area contributed by atoms with E-state index in [1.165, 1.54) is 34.7 Å². The van der Waals surface area contributed by atoms with Crippen molar-refractivity contribution in [1.29, 1.82) is 0 Å². The van der Waals surface area contributed by atoms with E-state index >= 15 is 0 Å². The number of aryl methyl sites for hydroxylation is 1. The van der Waals surface area contributed by atoms with Gasteiger partial charge in [-0.3, -0.25) is 0 Å². The molecule has 5 heterocycles. The van der Waals surface area contributed by atoms with E-state index < -0.39 is 6.03 Å². The fourth-order valence-electron chi connectivity index (χ4n) is 3.61. The Labute approximate surface area is 197 Å². The van der Waals surface area contributed by atoms with E-state index in [4.69, 9.17) is 16.3 Å². The molecule has 0 aliphatic carbocycles. The summed E-state index contributed by atoms with van der Waals surface area (Å²) in [5.41, 5.74) is 2.62. The molecule has 4 aromatic rings. The summed E-state index contributed by atoms with van der Waals surface area (Å²) in [5.74, 6) is 0.367. The lowest BCUT2D eigenvalue weighted by Crippen LogP contribution is -2.28. The number of pyridine rings is 2. The Hall–Kier alpha value is -3.35. The Bertz CT molecular complexity index is 1290. The molecule has 0 atom stereocenters. The molecule has 0 spiro atoms. The van der Waals surface area contributed by atoms with Gasteiger partial charge in [0.2, 0.25) is 0 Å². The van der Waals surface area contributed by atoms with Crippen LogP contribution in [-0.2, 0) is 4.74 Å². The van der Waals surface area contributed by atoms with Crippen molar-refractivity contribution in [2.75, 3.05) is 41.8 Å². The van der Waals surface area contributed by atoms with Gasteiger partial charge >= 0.3 is 6.03 Å². The van der Waals surface area contributed by atoms with Gasteiger partial charge in [0, 0.05) is 19.7 Å². The van der Waals surface area contributed by atoms with Crippen molar-refractivity contribution >= 4 is 56.4 Å². The van der Waals surface area contributed by atoms with Crippen LogP contribution in [0.4, 0.5) is 21.9 Å². The Morgan fingerprint density at radius 2 is 2.00 bits per heavy atom. The predicted octanol–water partition coefficient (Wildman–Crippen LogP) is 3.50. The molecule has 11 nitrogen and oxygen atoms in total. The zero-order valence-electron chi connectivity index (χ0n) is 17.7. The first kappa shape index (κ1) is 21.5. The van der Waals surface area contributed by atoms with Gasteiger partial charge in [-0.05, 0) is 19.4 Å². The molecule has 0 unspecified atom stereocenters. The molecular formula is C20H20ClN9O2S. The van der Waals surface area contributed by atoms with E-state index in [-0.39, 0.29) is 0 Å². The average Bonchev–Trinajstić information content (AvgIpc) is 3.36. The number of fused-ring (bicyclic) bond motifs is 1. The first-order chi connectivity index (χ1) is 16.1. The predicted molar refractivity (Wildman–Crippen MR) is 127 cm³/mol. The highest BCUT2D eigenvalue weighted by atomic mass is 35.5. The van der Waals surface area contributed by atoms with Crippen LogP contribution in [-0.4, -0.2) is 62.3 Å². The van der Waals surface area contributed by atoms with Gasteiger partial charge in [-0.25, -0.2) is 19.7 Å². The van der Waals surface area contributed by atoms with Crippen molar-refractivity contribution in [3.05, 3.63) is 40.9 Å². The third-order valence-corrected chi connectivity index (χ3v) is 6.14. The number of anilines is 3. The van der Waals surface area contributed by atoms with E-state index in [1.54, 1.807) is 12.3 Å². The number of carbonyl (C=O) groups excluding carboxylic acids is 1. The number of urea groups is 1. The Morgan fingerprint density at radius 3 is 2.82 bits per heavy atom. The third-order valence-electron chi connectivity index (χ3n) is 4.98. The van der Waals surface area contributed by atoms with Crippen molar-refractivity contribution in [2.45, 2.75) is 13.3 Å². The summed E-state index contributed by atoms with van der Waals surface area (Å²) in [4.78, 5) is 30.6. The number of nitrogens with zero attached hydrogens (tertiary/aromatic N) is 7. The number of rotatable bonds is 4. The average molecular weight is 486 g/mol. The van der Waals surface area contributed by atoms with Gasteiger partial charge in [0.25, 0.3) is 0 Å². The Morgan fingerprint density at radius 1 is 1.15 bits per heavy atom. The zero-order chi connectivity index (χ0) is 22.8. The molecule has 33 heavy (non-hydrogen) atoms. The molecule has 0 saturated carbocycles. The van der Waals surface area contributed by atoms with Crippen LogP contribution in [0.5, 0.6) is 0 Å². The summed E-state index contributed by atoms with van der Waals surface area (Å²) >= 11 is 7.83. The zero-order valence-corrected chi connectivity index (χ0v) is 19.2. The van der Waals surface area contributed by atoms with Crippen LogP contribution in [0.15, 0.2) is 30.9 Å². The molecule has 1 aliphatic heterocycles. The first-order valence-electron chi connectivity index (χ1n) is 10.3. The molecule has 170 valence electrons. The van der Waals surface area contributed by atoms with Gasteiger partial charge < -0.3 is 20.3 Å². The smallest absolute Gasteiger partial charge is 0.323 e. The second-order valence-electron chi connectivity index (χ2n) is 7.29. The maximum absolute atomic E-state index is 12.8. The van der Waals surface area contributed by atoms with Crippen molar-refractivity contribution in [2.24, 2.45) is 0 Å². The number of hydrogen-bond donors (Lipinski definition) is 2. The van der Waals surface area contributed by atoms with Crippen LogP contribution in [0.25, 0.3) is 16.2 Å². The number of nitrogens with one attached hydrogen (secondary N) is 2. The van der Waals surface area contributed by atoms with Crippen LogP contribution in [0.3, 0.4) is 0 Å². The molecule has 2 N–H and O–H groups in total. The largest absolute Gasteiger partial charge is 0.380 e. The summed E-state index contributed by atoms with van der Waals surface area (Å²) in [6.07, 6.45) is 7.10. The summed E-state index contributed by atoms with van der Waals surface area (Å²) < 4.78 is 5.61. The van der Waals surface area contributed by atoms with Gasteiger partial charge in [-0.15, -0.1) is 4.80 Å². The monoisotopic (exact) mass is 485 g/mol. The molecule has 2 amide bonds. The fraction of sp³-hybridized carbons (Fsp3) is 0.300. The molecule has 1 aliphatic rings. The van der Waals surface area contributed by atoms with Gasteiger partial charge in [-0.2, -0.15) is 10.2 Å². The minimum Gasteiger partial charge on any atom is -0.380 e. The highest BCUT2D eigenvalue weighted by Gasteiger charge is 2.21. The molecule has 0 aromatic carbocycles. The number of halogens is 1. The summed E-state index contributed by atoms with van der Waals surface area (Å²) in [6.45, 7) is 4.77. The minimum atomic E-state index is -0.446. The normalized spacial score (nSPS) is 14.3. The Balaban J connectivity index is 1.40. The number of hydrogen-bond acceptors (Lipinski definition) is 9. The highest BCUT2D eigenvalue weighted by molar-refractivity contribution is 7.18. The van der Waals surface area contributed by atoms with Crippen LogP contribution < -0.4 is 15.5 Å². The molecular weight excluding hydrogens is 466 g/mol. The molecule has 4 aromatic heterocycles. The van der Waals surface area contributed by atoms with Gasteiger partial charge in [0.05, 0.1) is 58.5 Å². The lowest BCUT2D eigenvalue weighted by molar-refractivity contribution is 0.152. The number of carbonyl (C=O) groups is 1. The van der Waals surface area contributed by atoms with Gasteiger partial charge in [0.15, 0.2) is 5.82 Å². The number of amides is 2. The fourth-order valence-corrected chi connectivity index (χ4v) is 4.61. The molecule has 1 saturated heterocycles. The van der Waals surface area contributed by atoms with Crippen molar-refractivity contribution in [3.8, 4) is 5.82 Å². The van der Waals surface area contributed by atoms with E-state index in [0.717, 1.165) is 34.0 Å². The van der Waals surface area contributed by atoms with E-state index in [1.807, 2.05) is 6.92 Å². The van der Waals surface area contributed by atoms with E-state index in [2.05, 4.69) is 40.7 Å². The first-order valence-corrected chi connectivity index (χ1v) is 11.5. The lowest BCUT2D eigenvalue weighted by atomic mass is 10.2. The summed E-state index contributed by atoms with van der Waals surface area (Å²) in [6, 6.07) is 1.14. The molecule has 1 fully saturated rings. The van der Waals surface area contributed by atoms with E-state index in [0.29, 0.717) is 42.0 Å². The van der Waals surface area contributed by atoms with Crippen molar-refractivity contribution in [3.63, 3.8) is 0 Å². The third kappa shape index (κ3) is 4.58. The quantitative estimate of drug-likeness (QED) is 0.450. The summed E-state index contributed by atoms with van der Waals surface area (Å²) in [7, 11) is 0. The second-order valence-corrected chi connectivity index (χ2v) is 8.88. The minimum absolute atomic E-state index is 0.301. The lowest BCUT2D eigenvalue weighted by Gasteiger charge is -2.25. The number of ether oxygens (including phenoxy) is 1. The van der Waals surface area contributed by atoms with Gasteiger partial charge in [0.1, 0.15) is 10.3 Å². The van der Waals surface area contributed by atoms with Crippen molar-refractivity contribution < 1.29 is 9.53 Å². The number of thiazole rings is 1. The van der Waals surface area contributed by atoms with Gasteiger partial charge in [-0.1, -0.05) is 22.9 Å². The standard InChI is InChI=1S/C20H20ClN9O2S/c1-12-26-16-17(29-5-2-7-32-8-6-29)15(11-23-19(16)33-12)28-20(31)27-13-9-14(21)18(22-10-13)30-24-3-4-25-30/h3-4,9-11H,2,5-8H2,1H3,(H2,27,28,31). The van der Waals surface area contributed by atoms with Crippen LogP contribution in [0, 0.1) is 6.92 Å². The maximum Gasteiger partial charge on any atom is 0.323 e. The summed E-state index contributed by atoms with van der Waals surface area (Å²) in [5, 5.41) is 14.9. The van der Waals surface area contributed by atoms with Crippen molar-refractivity contribution in [1.82, 2.24) is 29.9 Å². The molecule has 13 heteroatoms. The molecule has 0 radical (unpaired) electrons. The van der Waals surface area contributed by atoms with E-state index in [9.17, 15) is 4.79 Å². The van der Waals surface area contributed by atoms with Crippen LogP contribution in [0.1, 0.15) is 11.4 Å². The topological polar surface area (TPSA) is 123 Å². The Kier molecular flexibility index (Phi) is 6.03. The van der Waals surface area contributed by atoms with Crippen LogP contribution in [0.2, 0.25) is 5.02 Å². The molecule has 5 rings (SSSR count). The number of aromatic nitrogens is 6. The molecule has 0 bridgehead atoms. The van der Waals surface area contributed by atoms with Crippen LogP contribution >= 0.6 is 22.9 Å². The maximum atomic E-state index is 12.8. The highest BCUT2D eigenvalue weighted by Crippen LogP contribution is 2.36. The second kappa shape index (κ2) is 9.25. The SMILES string of the molecule is Cc1nc2c(N3CCCOCC3)c(NC(=O)Nc3cnc(-n4nccn4)c(Cl)c3)cnc2s1.